The zero-order chi connectivity index (χ0) is 43.7. The Hall–Kier alpha value is -5.54. The quantitative estimate of drug-likeness (QED) is 0.169. The van der Waals surface area contributed by atoms with Crippen LogP contribution in [0.15, 0.2) is 127 Å². The molecule has 0 atom stereocenters. The first-order valence-corrected chi connectivity index (χ1v) is 23.2. The van der Waals surface area contributed by atoms with Gasteiger partial charge in [0.05, 0.1) is 0 Å². The lowest BCUT2D eigenvalue weighted by atomic mass is 9.55. The fourth-order valence-corrected chi connectivity index (χ4v) is 11.8. The van der Waals surface area contributed by atoms with E-state index in [2.05, 4.69) is 209 Å². The number of allylic oxidation sites excluding steroid dienone is 3. The third kappa shape index (κ3) is 5.83. The summed E-state index contributed by atoms with van der Waals surface area (Å²) in [4.78, 5) is 2.68. The molecule has 0 fully saturated rings. The Morgan fingerprint density at radius 3 is 2.02 bits per heavy atom. The number of fused-ring (bicyclic) bond motifs is 6. The van der Waals surface area contributed by atoms with E-state index in [-0.39, 0.29) is 21.7 Å². The van der Waals surface area contributed by atoms with E-state index in [1.165, 1.54) is 119 Å². The van der Waals surface area contributed by atoms with Gasteiger partial charge < -0.3 is 10.2 Å². The van der Waals surface area contributed by atoms with E-state index < -0.39 is 0 Å². The number of nitrogens with zero attached hydrogens (tertiary/aromatic N) is 1. The van der Waals surface area contributed by atoms with E-state index in [1.54, 1.807) is 0 Å². The van der Waals surface area contributed by atoms with E-state index in [0.29, 0.717) is 0 Å². The van der Waals surface area contributed by atoms with E-state index in [0.717, 1.165) is 25.1 Å². The molecule has 2 aliphatic heterocycles. The second-order valence-electron chi connectivity index (χ2n) is 21.2. The number of hydrogen-bond acceptors (Lipinski definition) is 2. The summed E-state index contributed by atoms with van der Waals surface area (Å²) in [6.07, 6.45) is 8.14. The second kappa shape index (κ2) is 14.0. The molecule has 0 saturated heterocycles. The average Bonchev–Trinajstić information content (AvgIpc) is 3.48. The monoisotopic (exact) mass is 811 g/mol. The Morgan fingerprint density at radius 2 is 1.27 bits per heavy atom. The molecule has 2 aliphatic carbocycles. The molecule has 6 aromatic rings. The van der Waals surface area contributed by atoms with Gasteiger partial charge in [-0.05, 0) is 159 Å². The van der Waals surface area contributed by atoms with Gasteiger partial charge in [-0.2, -0.15) is 0 Å². The highest BCUT2D eigenvalue weighted by Crippen LogP contribution is 2.57. The van der Waals surface area contributed by atoms with E-state index in [9.17, 15) is 0 Å². The summed E-state index contributed by atoms with van der Waals surface area (Å²) in [7, 11) is 0.857. The Bertz CT molecular complexity index is 2930. The maximum atomic E-state index is 4.15. The third-order valence-electron chi connectivity index (χ3n) is 15.9. The summed E-state index contributed by atoms with van der Waals surface area (Å²) < 4.78 is 0. The Balaban J connectivity index is 1.32. The van der Waals surface area contributed by atoms with Gasteiger partial charge >= 0.3 is 0 Å². The molecule has 0 saturated carbocycles. The lowest BCUT2D eigenvalue weighted by Crippen LogP contribution is -2.47. The largest absolute Gasteiger partial charge is 0.355 e. The van der Waals surface area contributed by atoms with Crippen molar-refractivity contribution in [1.29, 1.82) is 0 Å². The van der Waals surface area contributed by atoms with Crippen LogP contribution in [-0.2, 0) is 21.7 Å². The van der Waals surface area contributed by atoms with Crippen LogP contribution in [0, 0.1) is 13.8 Å². The number of aryl methyl sites for hydroxylation is 1. The minimum absolute atomic E-state index is 0.107. The molecule has 2 nitrogen and oxygen atoms in total. The lowest BCUT2D eigenvalue weighted by Gasteiger charge is -2.47. The first kappa shape index (κ1) is 40.5. The van der Waals surface area contributed by atoms with Crippen LogP contribution < -0.4 is 21.1 Å². The van der Waals surface area contributed by atoms with Crippen LogP contribution in [0.5, 0.6) is 0 Å². The fraction of sp³-hybridized carbons (Fsp3) is 0.322. The summed E-state index contributed by atoms with van der Waals surface area (Å²) in [5.74, 6) is 0. The Labute approximate surface area is 372 Å². The summed E-state index contributed by atoms with van der Waals surface area (Å²) in [6, 6.07) is 39.9. The number of nitrogens with one attached hydrogen (secondary N) is 1. The molecule has 0 bridgehead atoms. The van der Waals surface area contributed by atoms with Crippen molar-refractivity contribution in [3.05, 3.63) is 165 Å². The smallest absolute Gasteiger partial charge is 0.198 e. The van der Waals surface area contributed by atoms with Crippen molar-refractivity contribution in [2.45, 2.75) is 124 Å². The highest BCUT2D eigenvalue weighted by Gasteiger charge is 2.44. The number of anilines is 4. The highest BCUT2D eigenvalue weighted by molar-refractivity contribution is 6.73. The van der Waals surface area contributed by atoms with Crippen molar-refractivity contribution in [2.24, 2.45) is 0 Å². The predicted octanol–water partition coefficient (Wildman–Crippen LogP) is 14.4. The standard InChI is InChI=1S/C59H63BN2/c1-13-14-26-50-37(4)58(9,10)46-24-19-25-48-55(46)62(50)54-36(3)41(39-21-16-15-20-35(39)2)34-42(53(54)60-48)52-49(30-29-45-51(52)40-22-17-18-23-43(40)59(45,11)12)61-38-27-28-44-47(33-38)57(7,8)32-31-56(44,5)6/h14-30,33-34,60-61H,13,31-32H2,1-12H3/b26-14-. The topological polar surface area (TPSA) is 15.3 Å². The molecule has 1 N–H and O–H groups in total. The molecule has 312 valence electrons. The summed E-state index contributed by atoms with van der Waals surface area (Å²) in [6.45, 7) is 28.6. The molecular formula is C59H63BN2. The SMILES string of the molecule is CC/C=C\C1=C(C)C(C)(C)c2cccc3c2N1c1c(C)c(-c2ccccc2C)cc(-c2c(Nc4ccc5c(c4)C(C)(C)CCC5(C)C)ccc4c2-c2ccccc2C4(C)C)c1B3. The van der Waals surface area contributed by atoms with Gasteiger partial charge in [0.15, 0.2) is 7.28 Å². The number of para-hydroxylation sites is 1. The van der Waals surface area contributed by atoms with Gasteiger partial charge in [0.2, 0.25) is 0 Å². The molecule has 62 heavy (non-hydrogen) atoms. The summed E-state index contributed by atoms with van der Waals surface area (Å²) >= 11 is 0. The Morgan fingerprint density at radius 1 is 0.597 bits per heavy atom. The average molecular weight is 811 g/mol. The number of hydrogen-bond donors (Lipinski definition) is 1. The molecule has 2 heterocycles. The highest BCUT2D eigenvalue weighted by atomic mass is 15.2. The Kier molecular flexibility index (Phi) is 9.14. The zero-order valence-corrected chi connectivity index (χ0v) is 39.2. The minimum atomic E-state index is -0.151. The molecule has 0 amide bonds. The maximum absolute atomic E-state index is 4.15. The molecule has 0 aromatic heterocycles. The fourth-order valence-electron chi connectivity index (χ4n) is 11.8. The number of benzene rings is 6. The van der Waals surface area contributed by atoms with Crippen molar-refractivity contribution >= 4 is 41.0 Å². The van der Waals surface area contributed by atoms with Crippen molar-refractivity contribution in [3.63, 3.8) is 0 Å². The van der Waals surface area contributed by atoms with Gasteiger partial charge in [0, 0.05) is 44.8 Å². The minimum Gasteiger partial charge on any atom is -0.355 e. The lowest BCUT2D eigenvalue weighted by molar-refractivity contribution is 0.332. The van der Waals surface area contributed by atoms with Crippen LogP contribution in [0.4, 0.5) is 22.7 Å². The molecular weight excluding hydrogens is 747 g/mol. The maximum Gasteiger partial charge on any atom is 0.198 e. The zero-order valence-electron chi connectivity index (χ0n) is 39.2. The van der Waals surface area contributed by atoms with Gasteiger partial charge in [-0.1, -0.05) is 153 Å². The van der Waals surface area contributed by atoms with Crippen LogP contribution in [-0.4, -0.2) is 7.28 Å². The van der Waals surface area contributed by atoms with Gasteiger partial charge in [-0.3, -0.25) is 0 Å². The van der Waals surface area contributed by atoms with Crippen LogP contribution in [0.2, 0.25) is 0 Å². The molecule has 3 heteroatoms. The normalized spacial score (nSPS) is 18.1. The van der Waals surface area contributed by atoms with Gasteiger partial charge in [-0.25, -0.2) is 0 Å². The van der Waals surface area contributed by atoms with Gasteiger partial charge in [0.25, 0.3) is 0 Å². The van der Waals surface area contributed by atoms with Crippen molar-refractivity contribution in [3.8, 4) is 33.4 Å². The predicted molar refractivity (Wildman–Crippen MR) is 270 cm³/mol. The molecule has 0 unspecified atom stereocenters. The summed E-state index contributed by atoms with van der Waals surface area (Å²) in [5.41, 5.74) is 28.2. The van der Waals surface area contributed by atoms with Crippen LogP contribution >= 0.6 is 0 Å². The van der Waals surface area contributed by atoms with Crippen LogP contribution in [0.1, 0.15) is 127 Å². The van der Waals surface area contributed by atoms with Gasteiger partial charge in [0.1, 0.15) is 0 Å². The number of rotatable bonds is 6. The first-order valence-electron chi connectivity index (χ1n) is 23.2. The van der Waals surface area contributed by atoms with Crippen LogP contribution in [0.25, 0.3) is 33.4 Å². The van der Waals surface area contributed by atoms with Crippen LogP contribution in [0.3, 0.4) is 0 Å². The molecule has 6 aromatic carbocycles. The van der Waals surface area contributed by atoms with E-state index in [1.807, 2.05) is 0 Å². The van der Waals surface area contributed by atoms with Crippen molar-refractivity contribution in [1.82, 2.24) is 0 Å². The molecule has 4 aliphatic rings. The van der Waals surface area contributed by atoms with Crippen molar-refractivity contribution < 1.29 is 0 Å². The van der Waals surface area contributed by atoms with Gasteiger partial charge in [-0.15, -0.1) is 0 Å². The molecule has 0 spiro atoms. The van der Waals surface area contributed by atoms with E-state index in [4.69, 9.17) is 0 Å². The van der Waals surface area contributed by atoms with E-state index >= 15 is 0 Å². The first-order chi connectivity index (χ1) is 29.5. The molecule has 0 radical (unpaired) electrons. The molecule has 10 rings (SSSR count). The second-order valence-corrected chi connectivity index (χ2v) is 21.2. The van der Waals surface area contributed by atoms with Crippen molar-refractivity contribution in [2.75, 3.05) is 10.2 Å². The summed E-state index contributed by atoms with van der Waals surface area (Å²) in [5, 5.41) is 4.15. The third-order valence-corrected chi connectivity index (χ3v) is 15.9.